The zero-order valence-electron chi connectivity index (χ0n) is 8.27. The lowest BCUT2D eigenvalue weighted by molar-refractivity contribution is 0.282. The Morgan fingerprint density at radius 2 is 2.06 bits per heavy atom. The second-order valence-corrected chi connectivity index (χ2v) is 3.56. The van der Waals surface area contributed by atoms with E-state index in [9.17, 15) is 9.90 Å². The Kier molecular flexibility index (Phi) is 1.84. The Morgan fingerprint density at radius 1 is 1.19 bits per heavy atom. The van der Waals surface area contributed by atoms with E-state index in [0.29, 0.717) is 16.7 Å². The predicted octanol–water partition coefficient (Wildman–Crippen LogP) is 2.03. The first-order chi connectivity index (χ1) is 7.78. The molecule has 4 heteroatoms. The van der Waals surface area contributed by atoms with E-state index in [0.717, 1.165) is 10.8 Å². The Labute approximate surface area is 89.7 Å². The van der Waals surface area contributed by atoms with Crippen molar-refractivity contribution in [2.24, 2.45) is 0 Å². The number of rotatable bonds is 1. The summed E-state index contributed by atoms with van der Waals surface area (Å²) in [6.07, 6.45) is 1.57. The number of hydrogen-bond donors (Lipinski definition) is 1. The molecule has 1 aromatic carbocycles. The van der Waals surface area contributed by atoms with Gasteiger partial charge < -0.3 is 13.9 Å². The number of hydrogen-bond acceptors (Lipinski definition) is 4. The number of benzene rings is 1. The lowest BCUT2D eigenvalue weighted by Gasteiger charge is -2.01. The van der Waals surface area contributed by atoms with Gasteiger partial charge in [-0.05, 0) is 17.7 Å². The first-order valence-corrected chi connectivity index (χ1v) is 4.83. The van der Waals surface area contributed by atoms with Gasteiger partial charge in [-0.1, -0.05) is 0 Å². The third-order valence-corrected chi connectivity index (χ3v) is 2.57. The van der Waals surface area contributed by atoms with Crippen LogP contribution >= 0.6 is 0 Å². The highest BCUT2D eigenvalue weighted by atomic mass is 16.4. The van der Waals surface area contributed by atoms with E-state index in [1.54, 1.807) is 12.3 Å². The standard InChI is InChI=1S/C12H8O4/c13-6-8-4-12(14)16-11-5-10-7(1-2-15-10)3-9(8)11/h1-5,13H,6H2. The van der Waals surface area contributed by atoms with E-state index in [4.69, 9.17) is 8.83 Å². The SMILES string of the molecule is O=c1cc(CO)c2cc3ccoc3cc2o1. The number of aliphatic hydroxyl groups is 1. The van der Waals surface area contributed by atoms with Crippen molar-refractivity contribution in [2.45, 2.75) is 6.61 Å². The quantitative estimate of drug-likeness (QED) is 0.632. The zero-order chi connectivity index (χ0) is 11.1. The molecule has 2 heterocycles. The molecule has 0 saturated carbocycles. The molecule has 3 aromatic rings. The average molecular weight is 216 g/mol. The molecule has 0 saturated heterocycles. The summed E-state index contributed by atoms with van der Waals surface area (Å²) in [6, 6.07) is 6.61. The van der Waals surface area contributed by atoms with Crippen LogP contribution in [0.3, 0.4) is 0 Å². The molecular formula is C12H8O4. The van der Waals surface area contributed by atoms with Gasteiger partial charge in [0.15, 0.2) is 0 Å². The molecule has 80 valence electrons. The molecular weight excluding hydrogens is 208 g/mol. The van der Waals surface area contributed by atoms with Crippen molar-refractivity contribution in [3.63, 3.8) is 0 Å². The van der Waals surface area contributed by atoms with Gasteiger partial charge in [0, 0.05) is 22.9 Å². The fourth-order valence-electron chi connectivity index (χ4n) is 1.81. The lowest BCUT2D eigenvalue weighted by Crippen LogP contribution is -2.00. The molecule has 1 N–H and O–H groups in total. The minimum atomic E-state index is -0.470. The molecule has 0 aliphatic carbocycles. The minimum absolute atomic E-state index is 0.189. The van der Waals surface area contributed by atoms with Crippen LogP contribution in [0.15, 0.2) is 44.2 Å². The molecule has 0 bridgehead atoms. The minimum Gasteiger partial charge on any atom is -0.464 e. The summed E-state index contributed by atoms with van der Waals surface area (Å²) in [5, 5.41) is 10.8. The van der Waals surface area contributed by atoms with Gasteiger partial charge in [0.05, 0.1) is 12.9 Å². The highest BCUT2D eigenvalue weighted by Gasteiger charge is 2.07. The van der Waals surface area contributed by atoms with Gasteiger partial charge in [-0.3, -0.25) is 0 Å². The topological polar surface area (TPSA) is 63.6 Å². The van der Waals surface area contributed by atoms with Crippen LogP contribution in [0.1, 0.15) is 5.56 Å². The highest BCUT2D eigenvalue weighted by molar-refractivity contribution is 5.94. The monoisotopic (exact) mass is 216 g/mol. The molecule has 0 amide bonds. The second-order valence-electron chi connectivity index (χ2n) is 3.56. The van der Waals surface area contributed by atoms with E-state index >= 15 is 0 Å². The van der Waals surface area contributed by atoms with Crippen LogP contribution in [0.5, 0.6) is 0 Å². The van der Waals surface area contributed by atoms with Crippen molar-refractivity contribution < 1.29 is 13.9 Å². The maximum Gasteiger partial charge on any atom is 0.336 e. The summed E-state index contributed by atoms with van der Waals surface area (Å²) in [6.45, 7) is -0.189. The molecule has 0 spiro atoms. The third-order valence-electron chi connectivity index (χ3n) is 2.57. The van der Waals surface area contributed by atoms with Crippen molar-refractivity contribution in [3.05, 3.63) is 46.5 Å². The van der Waals surface area contributed by atoms with E-state index < -0.39 is 5.63 Å². The fourth-order valence-corrected chi connectivity index (χ4v) is 1.81. The smallest absolute Gasteiger partial charge is 0.336 e. The maximum atomic E-state index is 11.2. The van der Waals surface area contributed by atoms with Gasteiger partial charge in [-0.25, -0.2) is 4.79 Å². The summed E-state index contributed by atoms with van der Waals surface area (Å²) in [4.78, 5) is 11.2. The van der Waals surface area contributed by atoms with Crippen LogP contribution in [0.2, 0.25) is 0 Å². The third kappa shape index (κ3) is 1.24. The number of fused-ring (bicyclic) bond motifs is 2. The Balaban J connectivity index is 2.53. The first kappa shape index (κ1) is 9.18. The molecule has 0 aliphatic rings. The summed E-state index contributed by atoms with van der Waals surface area (Å²) in [5.74, 6) is 0. The fraction of sp³-hybridized carbons (Fsp3) is 0.0833. The molecule has 0 atom stereocenters. The molecule has 2 aromatic heterocycles. The van der Waals surface area contributed by atoms with E-state index in [1.165, 1.54) is 6.07 Å². The largest absolute Gasteiger partial charge is 0.464 e. The van der Waals surface area contributed by atoms with E-state index in [2.05, 4.69) is 0 Å². The van der Waals surface area contributed by atoms with Crippen LogP contribution in [0.25, 0.3) is 21.9 Å². The Hall–Kier alpha value is -2.07. The van der Waals surface area contributed by atoms with E-state index in [-0.39, 0.29) is 6.61 Å². The number of aliphatic hydroxyl groups excluding tert-OH is 1. The van der Waals surface area contributed by atoms with Crippen LogP contribution < -0.4 is 5.63 Å². The first-order valence-electron chi connectivity index (χ1n) is 4.83. The molecule has 16 heavy (non-hydrogen) atoms. The molecule has 0 radical (unpaired) electrons. The summed E-state index contributed by atoms with van der Waals surface area (Å²) >= 11 is 0. The number of furan rings is 1. The van der Waals surface area contributed by atoms with Crippen LogP contribution in [-0.4, -0.2) is 5.11 Å². The van der Waals surface area contributed by atoms with Gasteiger partial charge in [0.2, 0.25) is 0 Å². The van der Waals surface area contributed by atoms with Crippen molar-refractivity contribution in [3.8, 4) is 0 Å². The van der Waals surface area contributed by atoms with Gasteiger partial charge in [0.25, 0.3) is 0 Å². The predicted molar refractivity (Wildman–Crippen MR) is 58.2 cm³/mol. The van der Waals surface area contributed by atoms with Crippen molar-refractivity contribution in [1.29, 1.82) is 0 Å². The van der Waals surface area contributed by atoms with Gasteiger partial charge in [0.1, 0.15) is 11.2 Å². The molecule has 0 aliphatic heterocycles. The summed E-state index contributed by atoms with van der Waals surface area (Å²) in [5.41, 5.74) is 1.18. The average Bonchev–Trinajstić information content (AvgIpc) is 2.72. The van der Waals surface area contributed by atoms with Gasteiger partial charge >= 0.3 is 5.63 Å². The van der Waals surface area contributed by atoms with Crippen molar-refractivity contribution in [2.75, 3.05) is 0 Å². The molecule has 0 fully saturated rings. The van der Waals surface area contributed by atoms with Crippen LogP contribution in [0.4, 0.5) is 0 Å². The van der Waals surface area contributed by atoms with Gasteiger partial charge in [-0.15, -0.1) is 0 Å². The van der Waals surface area contributed by atoms with Crippen molar-refractivity contribution >= 4 is 21.9 Å². The lowest BCUT2D eigenvalue weighted by atomic mass is 10.1. The second kappa shape index (κ2) is 3.21. The summed E-state index contributed by atoms with van der Waals surface area (Å²) in [7, 11) is 0. The normalized spacial score (nSPS) is 11.3. The van der Waals surface area contributed by atoms with E-state index in [1.807, 2.05) is 12.1 Å². The highest BCUT2D eigenvalue weighted by Crippen LogP contribution is 2.24. The van der Waals surface area contributed by atoms with Crippen LogP contribution in [-0.2, 0) is 6.61 Å². The molecule has 3 rings (SSSR count). The maximum absolute atomic E-state index is 11.2. The zero-order valence-corrected chi connectivity index (χ0v) is 8.27. The molecule has 4 nitrogen and oxygen atoms in total. The molecule has 0 unspecified atom stereocenters. The van der Waals surface area contributed by atoms with Crippen molar-refractivity contribution in [1.82, 2.24) is 0 Å². The Morgan fingerprint density at radius 3 is 2.88 bits per heavy atom. The van der Waals surface area contributed by atoms with Gasteiger partial charge in [-0.2, -0.15) is 0 Å². The Bertz CT molecular complexity index is 721. The summed E-state index contributed by atoms with van der Waals surface area (Å²) < 4.78 is 10.3. The van der Waals surface area contributed by atoms with Crippen LogP contribution in [0, 0.1) is 0 Å².